The number of ether oxygens (including phenoxy) is 1. The number of aliphatic hydroxyl groups excluding tert-OH is 1. The molecule has 3 nitrogen and oxygen atoms in total. The fraction of sp³-hybridized carbons (Fsp3) is 0.727. The van der Waals surface area contributed by atoms with Crippen molar-refractivity contribution in [3.63, 3.8) is 0 Å². The summed E-state index contributed by atoms with van der Waals surface area (Å²) in [4.78, 5) is 11.4. The second kappa shape index (κ2) is 3.39. The maximum Gasteiger partial charge on any atom is 0.336 e. The molecule has 0 radical (unpaired) electrons. The number of carbonyl (C=O) groups excluding carboxylic acids is 1. The summed E-state index contributed by atoms with van der Waals surface area (Å²) in [6, 6.07) is 0. The first-order valence-corrected chi connectivity index (χ1v) is 5.17. The second-order valence-electron chi connectivity index (χ2n) is 4.48. The monoisotopic (exact) mass is 196 g/mol. The van der Waals surface area contributed by atoms with E-state index in [4.69, 9.17) is 9.84 Å². The van der Waals surface area contributed by atoms with Crippen LogP contribution in [0.1, 0.15) is 32.1 Å². The third-order valence-electron chi connectivity index (χ3n) is 3.47. The minimum atomic E-state index is -0.421. The largest absolute Gasteiger partial charge is 0.456 e. The number of esters is 1. The van der Waals surface area contributed by atoms with E-state index in [2.05, 4.69) is 6.58 Å². The molecule has 14 heavy (non-hydrogen) atoms. The highest BCUT2D eigenvalue weighted by molar-refractivity contribution is 5.88. The standard InChI is InChI=1S/C11H16O3/c1-8(7-12)10(13)14-11-4-2-9(6-11)3-5-11/h9,12H,1-7H2. The topological polar surface area (TPSA) is 46.5 Å². The Bertz CT molecular complexity index is 262. The first-order valence-electron chi connectivity index (χ1n) is 5.17. The molecule has 0 atom stereocenters. The predicted octanol–water partition coefficient (Wildman–Crippen LogP) is 1.41. The summed E-state index contributed by atoms with van der Waals surface area (Å²) in [5, 5.41) is 8.75. The number of carbonyl (C=O) groups is 1. The minimum Gasteiger partial charge on any atom is -0.456 e. The summed E-state index contributed by atoms with van der Waals surface area (Å²) in [5.74, 6) is 0.334. The molecule has 1 N–H and O–H groups in total. The Labute approximate surface area is 83.8 Å². The summed E-state index contributed by atoms with van der Waals surface area (Å²) in [6.45, 7) is 3.16. The lowest BCUT2D eigenvalue weighted by Gasteiger charge is -2.26. The van der Waals surface area contributed by atoms with Crippen molar-refractivity contribution in [3.05, 3.63) is 12.2 Å². The van der Waals surface area contributed by atoms with Crippen molar-refractivity contribution in [1.82, 2.24) is 0 Å². The molecule has 0 aromatic carbocycles. The van der Waals surface area contributed by atoms with E-state index in [1.165, 1.54) is 12.8 Å². The zero-order chi connectivity index (χ0) is 10.2. The van der Waals surface area contributed by atoms with E-state index in [9.17, 15) is 4.79 Å². The predicted molar refractivity (Wildman–Crippen MR) is 51.6 cm³/mol. The fourth-order valence-electron chi connectivity index (χ4n) is 2.62. The van der Waals surface area contributed by atoms with Gasteiger partial charge in [-0.3, -0.25) is 0 Å². The fourth-order valence-corrected chi connectivity index (χ4v) is 2.62. The Morgan fingerprint density at radius 1 is 1.50 bits per heavy atom. The molecule has 2 rings (SSSR count). The van der Waals surface area contributed by atoms with Crippen LogP contribution in [-0.2, 0) is 9.53 Å². The lowest BCUT2D eigenvalue weighted by Crippen LogP contribution is -2.31. The van der Waals surface area contributed by atoms with Crippen molar-refractivity contribution in [2.45, 2.75) is 37.7 Å². The van der Waals surface area contributed by atoms with Gasteiger partial charge in [0, 0.05) is 0 Å². The number of hydrogen-bond donors (Lipinski definition) is 1. The summed E-state index contributed by atoms with van der Waals surface area (Å²) in [7, 11) is 0. The third kappa shape index (κ3) is 1.57. The van der Waals surface area contributed by atoms with E-state index in [0.29, 0.717) is 0 Å². The van der Waals surface area contributed by atoms with Gasteiger partial charge in [-0.15, -0.1) is 0 Å². The molecule has 2 bridgehead atoms. The molecule has 2 fully saturated rings. The summed E-state index contributed by atoms with van der Waals surface area (Å²) >= 11 is 0. The Morgan fingerprint density at radius 2 is 2.14 bits per heavy atom. The third-order valence-corrected chi connectivity index (χ3v) is 3.47. The van der Waals surface area contributed by atoms with Crippen LogP contribution in [0.25, 0.3) is 0 Å². The zero-order valence-electron chi connectivity index (χ0n) is 8.29. The molecule has 0 unspecified atom stereocenters. The van der Waals surface area contributed by atoms with Crippen LogP contribution in [0, 0.1) is 5.92 Å². The average Bonchev–Trinajstić information content (AvgIpc) is 2.75. The molecular weight excluding hydrogens is 180 g/mol. The first kappa shape index (κ1) is 9.71. The number of aliphatic hydroxyl groups is 1. The lowest BCUT2D eigenvalue weighted by molar-refractivity contribution is -0.154. The van der Waals surface area contributed by atoms with Crippen molar-refractivity contribution >= 4 is 5.97 Å². The highest BCUT2D eigenvalue weighted by atomic mass is 16.6. The molecule has 2 saturated carbocycles. The van der Waals surface area contributed by atoms with Crippen molar-refractivity contribution in [1.29, 1.82) is 0 Å². The second-order valence-corrected chi connectivity index (χ2v) is 4.48. The van der Waals surface area contributed by atoms with Crippen LogP contribution in [0.4, 0.5) is 0 Å². The van der Waals surface area contributed by atoms with Gasteiger partial charge in [-0.1, -0.05) is 6.58 Å². The Morgan fingerprint density at radius 3 is 2.57 bits per heavy atom. The van der Waals surface area contributed by atoms with E-state index < -0.39 is 5.97 Å². The molecule has 78 valence electrons. The quantitative estimate of drug-likeness (QED) is 0.548. The van der Waals surface area contributed by atoms with E-state index in [-0.39, 0.29) is 17.8 Å². The molecule has 0 amide bonds. The Hall–Kier alpha value is -0.830. The van der Waals surface area contributed by atoms with Crippen molar-refractivity contribution in [3.8, 4) is 0 Å². The summed E-state index contributed by atoms with van der Waals surface area (Å²) in [6.07, 6.45) is 5.35. The summed E-state index contributed by atoms with van der Waals surface area (Å²) < 4.78 is 5.44. The lowest BCUT2D eigenvalue weighted by atomic mass is 9.97. The van der Waals surface area contributed by atoms with Gasteiger partial charge in [-0.2, -0.15) is 0 Å². The van der Waals surface area contributed by atoms with Gasteiger partial charge < -0.3 is 9.84 Å². The summed E-state index contributed by atoms with van der Waals surface area (Å²) in [5.41, 5.74) is -0.0467. The Kier molecular flexibility index (Phi) is 2.35. The molecule has 0 aromatic rings. The molecule has 2 aliphatic carbocycles. The molecule has 0 aromatic heterocycles. The van der Waals surface area contributed by atoms with Gasteiger partial charge in [0.25, 0.3) is 0 Å². The average molecular weight is 196 g/mol. The highest BCUT2D eigenvalue weighted by Gasteiger charge is 2.47. The molecular formula is C11H16O3. The van der Waals surface area contributed by atoms with Crippen LogP contribution >= 0.6 is 0 Å². The van der Waals surface area contributed by atoms with Crippen molar-refractivity contribution < 1.29 is 14.6 Å². The van der Waals surface area contributed by atoms with Gasteiger partial charge in [0.05, 0.1) is 12.2 Å². The number of hydrogen-bond acceptors (Lipinski definition) is 3. The van der Waals surface area contributed by atoms with E-state index >= 15 is 0 Å². The van der Waals surface area contributed by atoms with Gasteiger partial charge in [-0.25, -0.2) is 4.79 Å². The molecule has 3 heteroatoms. The number of fused-ring (bicyclic) bond motifs is 2. The molecule has 0 heterocycles. The van der Waals surface area contributed by atoms with E-state index in [1.807, 2.05) is 0 Å². The van der Waals surface area contributed by atoms with Crippen molar-refractivity contribution in [2.75, 3.05) is 6.61 Å². The van der Waals surface area contributed by atoms with Crippen LogP contribution in [0.15, 0.2) is 12.2 Å². The first-order chi connectivity index (χ1) is 6.65. The van der Waals surface area contributed by atoms with Gasteiger partial charge in [-0.05, 0) is 38.0 Å². The van der Waals surface area contributed by atoms with Crippen LogP contribution in [0.3, 0.4) is 0 Å². The number of rotatable bonds is 3. The maximum atomic E-state index is 11.4. The van der Waals surface area contributed by atoms with Crippen molar-refractivity contribution in [2.24, 2.45) is 5.92 Å². The van der Waals surface area contributed by atoms with Gasteiger partial charge >= 0.3 is 5.97 Å². The Balaban J connectivity index is 1.97. The van der Waals surface area contributed by atoms with Gasteiger partial charge in [0.15, 0.2) is 0 Å². The molecule has 0 saturated heterocycles. The van der Waals surface area contributed by atoms with Gasteiger partial charge in [0.1, 0.15) is 5.60 Å². The van der Waals surface area contributed by atoms with Crippen LogP contribution in [0.5, 0.6) is 0 Å². The van der Waals surface area contributed by atoms with E-state index in [1.54, 1.807) is 0 Å². The van der Waals surface area contributed by atoms with Crippen LogP contribution < -0.4 is 0 Å². The van der Waals surface area contributed by atoms with E-state index in [0.717, 1.165) is 25.2 Å². The van der Waals surface area contributed by atoms with Crippen LogP contribution in [-0.4, -0.2) is 23.3 Å². The molecule has 0 spiro atoms. The highest BCUT2D eigenvalue weighted by Crippen LogP contribution is 2.50. The SMILES string of the molecule is C=C(CO)C(=O)OC12CCC(CC1)C2. The molecule has 0 aliphatic heterocycles. The maximum absolute atomic E-state index is 11.4. The zero-order valence-corrected chi connectivity index (χ0v) is 8.29. The normalized spacial score (nSPS) is 34.5. The smallest absolute Gasteiger partial charge is 0.336 e. The van der Waals surface area contributed by atoms with Gasteiger partial charge in [0.2, 0.25) is 0 Å². The molecule has 2 aliphatic rings. The minimum absolute atomic E-state index is 0.162. The van der Waals surface area contributed by atoms with Crippen LogP contribution in [0.2, 0.25) is 0 Å².